The van der Waals surface area contributed by atoms with Crippen molar-refractivity contribution >= 4 is 51.2 Å². The molecule has 4 rings (SSSR count). The molecule has 2 aliphatic heterocycles. The third-order valence-corrected chi connectivity index (χ3v) is 7.01. The van der Waals surface area contributed by atoms with E-state index in [9.17, 15) is 14.4 Å². The molecule has 1 saturated heterocycles. The average Bonchev–Trinajstić information content (AvgIpc) is 2.76. The SMILES string of the molecule is CCN1c2cc(OC)c(/C=C3/C(=O)NC(=O)N(c4cccc(Br)c4)C3=O)cc2C(C)CC1(C)C. The Hall–Kier alpha value is -3.13. The number of benzene rings is 2. The fourth-order valence-electron chi connectivity index (χ4n) is 5.08. The zero-order valence-corrected chi connectivity index (χ0v) is 21.5. The van der Waals surface area contributed by atoms with Crippen molar-refractivity contribution in [1.29, 1.82) is 0 Å². The predicted molar refractivity (Wildman–Crippen MR) is 136 cm³/mol. The monoisotopic (exact) mass is 525 g/mol. The van der Waals surface area contributed by atoms with E-state index in [4.69, 9.17) is 4.74 Å². The number of carbonyl (C=O) groups excluding carboxylic acids is 3. The molecule has 0 aromatic heterocycles. The minimum Gasteiger partial charge on any atom is -0.496 e. The van der Waals surface area contributed by atoms with Crippen LogP contribution in [0.3, 0.4) is 0 Å². The van der Waals surface area contributed by atoms with Crippen LogP contribution in [0.5, 0.6) is 5.75 Å². The van der Waals surface area contributed by atoms with E-state index in [0.717, 1.165) is 29.1 Å². The molecule has 1 N–H and O–H groups in total. The fraction of sp³-hybridized carbons (Fsp3) is 0.346. The summed E-state index contributed by atoms with van der Waals surface area (Å²) in [7, 11) is 1.57. The lowest BCUT2D eigenvalue weighted by molar-refractivity contribution is -0.122. The van der Waals surface area contributed by atoms with Gasteiger partial charge < -0.3 is 9.64 Å². The van der Waals surface area contributed by atoms with Crippen LogP contribution in [0.1, 0.15) is 51.2 Å². The van der Waals surface area contributed by atoms with Crippen LogP contribution in [-0.4, -0.2) is 37.0 Å². The molecule has 7 nitrogen and oxygen atoms in total. The van der Waals surface area contributed by atoms with Crippen molar-refractivity contribution in [3.8, 4) is 5.75 Å². The quantitative estimate of drug-likeness (QED) is 0.436. The predicted octanol–water partition coefficient (Wildman–Crippen LogP) is 5.24. The number of methoxy groups -OCH3 is 1. The van der Waals surface area contributed by atoms with Crippen molar-refractivity contribution in [2.24, 2.45) is 0 Å². The summed E-state index contributed by atoms with van der Waals surface area (Å²) in [5, 5.41) is 2.28. The number of fused-ring (bicyclic) bond motifs is 1. The van der Waals surface area contributed by atoms with E-state index in [0.29, 0.717) is 21.5 Å². The van der Waals surface area contributed by atoms with Crippen LogP contribution in [-0.2, 0) is 9.59 Å². The lowest BCUT2D eigenvalue weighted by Crippen LogP contribution is -2.54. The van der Waals surface area contributed by atoms with Crippen molar-refractivity contribution in [3.05, 3.63) is 57.6 Å². The number of rotatable bonds is 4. The first-order valence-corrected chi connectivity index (χ1v) is 12.0. The topological polar surface area (TPSA) is 79.0 Å². The Labute approximate surface area is 207 Å². The third-order valence-electron chi connectivity index (χ3n) is 6.52. The van der Waals surface area contributed by atoms with Gasteiger partial charge in [0.25, 0.3) is 11.8 Å². The maximum Gasteiger partial charge on any atom is 0.335 e. The molecule has 2 heterocycles. The second kappa shape index (κ2) is 8.91. The van der Waals surface area contributed by atoms with E-state index in [1.54, 1.807) is 31.4 Å². The van der Waals surface area contributed by atoms with Crippen LogP contribution < -0.4 is 19.9 Å². The molecule has 2 aromatic carbocycles. The number of carbonyl (C=O) groups is 3. The minimum atomic E-state index is -0.780. The number of anilines is 2. The molecule has 1 atom stereocenters. The molecule has 0 spiro atoms. The van der Waals surface area contributed by atoms with E-state index in [1.165, 1.54) is 6.08 Å². The summed E-state index contributed by atoms with van der Waals surface area (Å²) in [5.74, 6) is -0.575. The summed E-state index contributed by atoms with van der Waals surface area (Å²) in [4.78, 5) is 41.8. The van der Waals surface area contributed by atoms with Gasteiger partial charge in [0.1, 0.15) is 11.3 Å². The summed E-state index contributed by atoms with van der Waals surface area (Å²) >= 11 is 3.36. The molecule has 2 aromatic rings. The van der Waals surface area contributed by atoms with Crippen LogP contribution in [0.4, 0.5) is 16.2 Å². The molecule has 178 valence electrons. The molecule has 0 bridgehead atoms. The number of amides is 4. The summed E-state index contributed by atoms with van der Waals surface area (Å²) in [6, 6.07) is 9.98. The van der Waals surface area contributed by atoms with Gasteiger partial charge in [-0.15, -0.1) is 0 Å². The standard InChI is InChI=1S/C26H28BrN3O4/c1-6-29-21-13-22(34-5)16(10-19(21)15(2)14-26(29,3)4)11-20-23(31)28-25(33)30(24(20)32)18-9-7-8-17(27)12-18/h7-13,15H,6,14H2,1-5H3,(H,28,31,33)/b20-11-. The smallest absolute Gasteiger partial charge is 0.335 e. The minimum absolute atomic E-state index is 0.00377. The van der Waals surface area contributed by atoms with E-state index in [-0.39, 0.29) is 17.0 Å². The molecular weight excluding hydrogens is 498 g/mol. The van der Waals surface area contributed by atoms with Crippen LogP contribution in [0.15, 0.2) is 46.4 Å². The molecule has 4 amide bonds. The molecule has 8 heteroatoms. The van der Waals surface area contributed by atoms with Crippen molar-refractivity contribution in [2.75, 3.05) is 23.5 Å². The number of imide groups is 2. The number of hydrogen-bond donors (Lipinski definition) is 1. The second-order valence-electron chi connectivity index (χ2n) is 9.25. The largest absolute Gasteiger partial charge is 0.496 e. The van der Waals surface area contributed by atoms with Gasteiger partial charge in [0.15, 0.2) is 0 Å². The van der Waals surface area contributed by atoms with E-state index < -0.39 is 17.8 Å². The maximum absolute atomic E-state index is 13.3. The van der Waals surface area contributed by atoms with Gasteiger partial charge in [-0.25, -0.2) is 9.69 Å². The molecule has 1 fully saturated rings. The van der Waals surface area contributed by atoms with E-state index in [2.05, 4.69) is 53.8 Å². The Morgan fingerprint density at radius 3 is 2.59 bits per heavy atom. The summed E-state index contributed by atoms with van der Waals surface area (Å²) in [6.45, 7) is 9.63. The Balaban J connectivity index is 1.81. The lowest BCUT2D eigenvalue weighted by atomic mass is 9.79. The molecular formula is C26H28BrN3O4. The number of nitrogens with zero attached hydrogens (tertiary/aromatic N) is 2. The highest BCUT2D eigenvalue weighted by Gasteiger charge is 2.38. The first kappa shape index (κ1) is 24.0. The Kier molecular flexibility index (Phi) is 6.29. The van der Waals surface area contributed by atoms with Gasteiger partial charge in [0, 0.05) is 33.9 Å². The number of nitrogens with one attached hydrogen (secondary N) is 1. The summed E-state index contributed by atoms with van der Waals surface area (Å²) in [5.41, 5.74) is 3.07. The molecule has 1 unspecified atom stereocenters. The molecule has 0 aliphatic carbocycles. The van der Waals surface area contributed by atoms with Crippen molar-refractivity contribution in [2.45, 2.75) is 45.6 Å². The highest BCUT2D eigenvalue weighted by atomic mass is 79.9. The molecule has 0 saturated carbocycles. The van der Waals surface area contributed by atoms with Gasteiger partial charge in [0.2, 0.25) is 0 Å². The van der Waals surface area contributed by atoms with Gasteiger partial charge in [-0.2, -0.15) is 0 Å². The van der Waals surface area contributed by atoms with E-state index in [1.807, 2.05) is 12.1 Å². The van der Waals surface area contributed by atoms with Gasteiger partial charge in [0.05, 0.1) is 12.8 Å². The summed E-state index contributed by atoms with van der Waals surface area (Å²) < 4.78 is 6.38. The lowest BCUT2D eigenvalue weighted by Gasteiger charge is -2.47. The zero-order chi connectivity index (χ0) is 24.8. The number of halogens is 1. The average molecular weight is 526 g/mol. The molecule has 2 aliphatic rings. The second-order valence-corrected chi connectivity index (χ2v) is 10.2. The molecule has 34 heavy (non-hydrogen) atoms. The number of urea groups is 1. The fourth-order valence-corrected chi connectivity index (χ4v) is 5.47. The van der Waals surface area contributed by atoms with Gasteiger partial charge in [-0.1, -0.05) is 28.9 Å². The van der Waals surface area contributed by atoms with Gasteiger partial charge >= 0.3 is 6.03 Å². The summed E-state index contributed by atoms with van der Waals surface area (Å²) in [6.07, 6.45) is 2.48. The Morgan fingerprint density at radius 1 is 1.21 bits per heavy atom. The van der Waals surface area contributed by atoms with Crippen LogP contribution >= 0.6 is 15.9 Å². The van der Waals surface area contributed by atoms with Crippen LogP contribution in [0, 0.1) is 0 Å². The van der Waals surface area contributed by atoms with Crippen LogP contribution in [0.2, 0.25) is 0 Å². The van der Waals surface area contributed by atoms with Crippen molar-refractivity contribution < 1.29 is 19.1 Å². The number of ether oxygens (including phenoxy) is 1. The van der Waals surface area contributed by atoms with Crippen molar-refractivity contribution in [1.82, 2.24) is 5.32 Å². The van der Waals surface area contributed by atoms with E-state index >= 15 is 0 Å². The number of barbiturate groups is 1. The first-order valence-electron chi connectivity index (χ1n) is 11.2. The highest BCUT2D eigenvalue weighted by molar-refractivity contribution is 9.10. The highest BCUT2D eigenvalue weighted by Crippen LogP contribution is 2.46. The van der Waals surface area contributed by atoms with Gasteiger partial charge in [-0.05, 0) is 69.0 Å². The van der Waals surface area contributed by atoms with Gasteiger partial charge in [-0.3, -0.25) is 14.9 Å². The zero-order valence-electron chi connectivity index (χ0n) is 19.9. The maximum atomic E-state index is 13.3. The number of hydrogen-bond acceptors (Lipinski definition) is 5. The first-order chi connectivity index (χ1) is 16.1. The normalized spacial score (nSPS) is 20.9. The van der Waals surface area contributed by atoms with Crippen LogP contribution in [0.25, 0.3) is 6.08 Å². The third kappa shape index (κ3) is 4.11. The van der Waals surface area contributed by atoms with Crippen molar-refractivity contribution in [3.63, 3.8) is 0 Å². The Morgan fingerprint density at radius 2 is 1.94 bits per heavy atom. The Bertz CT molecular complexity index is 1220. The molecule has 0 radical (unpaired) electrons.